The largest absolute Gasteiger partial charge is 0.320 e. The van der Waals surface area contributed by atoms with E-state index < -0.39 is 0 Å². The maximum atomic E-state index is 11.7. The summed E-state index contributed by atoms with van der Waals surface area (Å²) in [4.78, 5) is 16.1. The fraction of sp³-hybridized carbons (Fsp3) is 0. The number of halogens is 2. The van der Waals surface area contributed by atoms with Crippen molar-refractivity contribution in [2.45, 2.75) is 0 Å². The van der Waals surface area contributed by atoms with Gasteiger partial charge in [0.25, 0.3) is 5.91 Å². The van der Waals surface area contributed by atoms with Gasteiger partial charge in [-0.1, -0.05) is 23.2 Å². The van der Waals surface area contributed by atoms with Gasteiger partial charge in [-0.2, -0.15) is 0 Å². The number of hydrogen-bond donors (Lipinski definition) is 1. The van der Waals surface area contributed by atoms with E-state index in [0.29, 0.717) is 20.7 Å². The van der Waals surface area contributed by atoms with Gasteiger partial charge in [0.2, 0.25) is 0 Å². The lowest BCUT2D eigenvalue weighted by Crippen LogP contribution is -2.10. The predicted octanol–water partition coefficient (Wildman–Crippen LogP) is 3.70. The summed E-state index contributed by atoms with van der Waals surface area (Å²) >= 11 is 12.8. The van der Waals surface area contributed by atoms with Gasteiger partial charge < -0.3 is 5.32 Å². The molecule has 1 N–H and O–H groups in total. The third kappa shape index (κ3) is 2.52. The molecule has 2 aromatic heterocycles. The van der Waals surface area contributed by atoms with Gasteiger partial charge in [-0.3, -0.25) is 4.79 Å². The molecule has 6 heteroatoms. The minimum Gasteiger partial charge on any atom is -0.320 e. The summed E-state index contributed by atoms with van der Waals surface area (Å²) in [7, 11) is 0. The second-order valence-electron chi connectivity index (χ2n) is 2.92. The highest BCUT2D eigenvalue weighted by Crippen LogP contribution is 2.23. The number of hydrogen-bond acceptors (Lipinski definition) is 3. The first kappa shape index (κ1) is 11.4. The van der Waals surface area contributed by atoms with Gasteiger partial charge in [-0.05, 0) is 23.6 Å². The number of aromatic nitrogens is 1. The van der Waals surface area contributed by atoms with Crippen molar-refractivity contribution in [3.63, 3.8) is 0 Å². The molecule has 0 saturated carbocycles. The molecular formula is C10H6Cl2N2OS. The molecule has 1 amide bonds. The molecule has 0 aliphatic carbocycles. The van der Waals surface area contributed by atoms with Crippen LogP contribution in [0.3, 0.4) is 0 Å². The van der Waals surface area contributed by atoms with Crippen LogP contribution in [0.2, 0.25) is 10.2 Å². The first-order chi connectivity index (χ1) is 7.66. The number of carbonyl (C=O) groups is 1. The van der Waals surface area contributed by atoms with Crippen LogP contribution in [0.4, 0.5) is 5.69 Å². The Morgan fingerprint density at radius 2 is 2.12 bits per heavy atom. The van der Waals surface area contributed by atoms with Crippen molar-refractivity contribution in [2.24, 2.45) is 0 Å². The number of rotatable bonds is 2. The van der Waals surface area contributed by atoms with Gasteiger partial charge >= 0.3 is 0 Å². The lowest BCUT2D eigenvalue weighted by molar-refractivity contribution is 0.103. The summed E-state index contributed by atoms with van der Waals surface area (Å²) in [6.45, 7) is 0. The lowest BCUT2D eigenvalue weighted by atomic mass is 10.4. The number of thiophene rings is 1. The highest BCUT2D eigenvalue weighted by Gasteiger charge is 2.11. The van der Waals surface area contributed by atoms with E-state index in [1.165, 1.54) is 17.5 Å². The van der Waals surface area contributed by atoms with Crippen LogP contribution in [-0.4, -0.2) is 10.9 Å². The van der Waals surface area contributed by atoms with Gasteiger partial charge in [0.1, 0.15) is 10.0 Å². The van der Waals surface area contributed by atoms with E-state index in [1.807, 2.05) is 0 Å². The van der Waals surface area contributed by atoms with Crippen LogP contribution in [0.25, 0.3) is 0 Å². The molecule has 0 saturated heterocycles. The van der Waals surface area contributed by atoms with E-state index >= 15 is 0 Å². The Bertz CT molecular complexity index is 510. The molecule has 2 aromatic rings. The number of carbonyl (C=O) groups excluding carboxylic acids is 1. The minimum atomic E-state index is -0.246. The van der Waals surface area contributed by atoms with Crippen LogP contribution in [-0.2, 0) is 0 Å². The number of pyridine rings is 1. The van der Waals surface area contributed by atoms with Crippen molar-refractivity contribution in [3.8, 4) is 0 Å². The van der Waals surface area contributed by atoms with E-state index in [0.717, 1.165) is 0 Å². The van der Waals surface area contributed by atoms with Crippen molar-refractivity contribution in [1.82, 2.24) is 4.98 Å². The normalized spacial score (nSPS) is 10.1. The molecule has 0 spiro atoms. The first-order valence-corrected chi connectivity index (χ1v) is 5.96. The highest BCUT2D eigenvalue weighted by atomic mass is 35.5. The summed E-state index contributed by atoms with van der Waals surface area (Å²) in [5, 5.41) is 5.27. The third-order valence-electron chi connectivity index (χ3n) is 1.81. The quantitative estimate of drug-likeness (QED) is 0.847. The average molecular weight is 273 g/mol. The zero-order valence-corrected chi connectivity index (χ0v) is 10.2. The number of nitrogens with zero attached hydrogens (tertiary/aromatic N) is 1. The van der Waals surface area contributed by atoms with Crippen molar-refractivity contribution >= 4 is 46.1 Å². The standard InChI is InChI=1S/C10H6Cl2N2OS/c11-7-3-4-16-9(7)10(15)14-6-1-2-8(12)13-5-6/h1-5H,(H,14,15). The molecule has 0 unspecified atom stereocenters. The van der Waals surface area contributed by atoms with Crippen molar-refractivity contribution in [1.29, 1.82) is 0 Å². The summed E-state index contributed by atoms with van der Waals surface area (Å²) in [6.07, 6.45) is 1.49. The molecule has 0 radical (unpaired) electrons. The van der Waals surface area contributed by atoms with E-state index in [9.17, 15) is 4.79 Å². The molecule has 3 nitrogen and oxygen atoms in total. The summed E-state index contributed by atoms with van der Waals surface area (Å²) in [5.74, 6) is -0.246. The Morgan fingerprint density at radius 3 is 2.69 bits per heavy atom. The van der Waals surface area contributed by atoms with Gasteiger partial charge in [-0.15, -0.1) is 11.3 Å². The Kier molecular flexibility index (Phi) is 3.43. The Hall–Kier alpha value is -1.10. The van der Waals surface area contributed by atoms with Crippen molar-refractivity contribution in [3.05, 3.63) is 44.8 Å². The predicted molar refractivity (Wildman–Crippen MR) is 66.5 cm³/mol. The van der Waals surface area contributed by atoms with E-state index in [-0.39, 0.29) is 5.91 Å². The van der Waals surface area contributed by atoms with Crippen molar-refractivity contribution < 1.29 is 4.79 Å². The maximum Gasteiger partial charge on any atom is 0.267 e. The summed E-state index contributed by atoms with van der Waals surface area (Å²) < 4.78 is 0. The molecular weight excluding hydrogens is 267 g/mol. The second kappa shape index (κ2) is 4.82. The topological polar surface area (TPSA) is 42.0 Å². The fourth-order valence-corrected chi connectivity index (χ4v) is 2.24. The molecule has 0 aliphatic heterocycles. The highest BCUT2D eigenvalue weighted by molar-refractivity contribution is 7.12. The van der Waals surface area contributed by atoms with E-state index in [1.54, 1.807) is 23.6 Å². The van der Waals surface area contributed by atoms with Gasteiger partial charge in [0.15, 0.2) is 0 Å². The molecule has 0 fully saturated rings. The molecule has 2 rings (SSSR count). The lowest BCUT2D eigenvalue weighted by Gasteiger charge is -2.03. The molecule has 0 aromatic carbocycles. The SMILES string of the molecule is O=C(Nc1ccc(Cl)nc1)c1sccc1Cl. The Balaban J connectivity index is 2.14. The number of nitrogens with one attached hydrogen (secondary N) is 1. The molecule has 2 heterocycles. The summed E-state index contributed by atoms with van der Waals surface area (Å²) in [6, 6.07) is 4.96. The third-order valence-corrected chi connectivity index (χ3v) is 3.37. The number of amides is 1. The Labute approximate surface area is 106 Å². The second-order valence-corrected chi connectivity index (χ2v) is 4.63. The molecule has 0 bridgehead atoms. The number of anilines is 1. The zero-order chi connectivity index (χ0) is 11.5. The minimum absolute atomic E-state index is 0.246. The molecule has 0 atom stereocenters. The molecule has 16 heavy (non-hydrogen) atoms. The Morgan fingerprint density at radius 1 is 1.31 bits per heavy atom. The van der Waals surface area contributed by atoms with E-state index in [4.69, 9.17) is 23.2 Å². The molecule has 82 valence electrons. The summed E-state index contributed by atoms with van der Waals surface area (Å²) in [5.41, 5.74) is 0.582. The maximum absolute atomic E-state index is 11.7. The van der Waals surface area contributed by atoms with Crippen LogP contribution < -0.4 is 5.32 Å². The molecule has 0 aliphatic rings. The first-order valence-electron chi connectivity index (χ1n) is 4.33. The smallest absolute Gasteiger partial charge is 0.267 e. The van der Waals surface area contributed by atoms with Crippen molar-refractivity contribution in [2.75, 3.05) is 5.32 Å². The van der Waals surface area contributed by atoms with Crippen LogP contribution >= 0.6 is 34.5 Å². The van der Waals surface area contributed by atoms with E-state index in [2.05, 4.69) is 10.3 Å². The average Bonchev–Trinajstić information content (AvgIpc) is 2.68. The van der Waals surface area contributed by atoms with Gasteiger partial charge in [0, 0.05) is 0 Å². The van der Waals surface area contributed by atoms with Crippen LogP contribution in [0, 0.1) is 0 Å². The fourth-order valence-electron chi connectivity index (χ4n) is 1.09. The van der Waals surface area contributed by atoms with Gasteiger partial charge in [0.05, 0.1) is 16.9 Å². The zero-order valence-electron chi connectivity index (χ0n) is 7.91. The van der Waals surface area contributed by atoms with Gasteiger partial charge in [-0.25, -0.2) is 4.98 Å². The monoisotopic (exact) mass is 272 g/mol. The van der Waals surface area contributed by atoms with Crippen LogP contribution in [0.5, 0.6) is 0 Å². The van der Waals surface area contributed by atoms with Crippen LogP contribution in [0.1, 0.15) is 9.67 Å². The van der Waals surface area contributed by atoms with Crippen LogP contribution in [0.15, 0.2) is 29.8 Å².